The van der Waals surface area contributed by atoms with Crippen molar-refractivity contribution in [3.05, 3.63) is 61.1 Å². The topological polar surface area (TPSA) is 30.7 Å². The van der Waals surface area contributed by atoms with E-state index < -0.39 is 0 Å². The predicted octanol–water partition coefficient (Wildman–Crippen LogP) is 3.57. The first-order valence-electron chi connectivity index (χ1n) is 5.83. The second-order valence-corrected chi connectivity index (χ2v) is 4.20. The van der Waals surface area contributed by atoms with Crippen molar-refractivity contribution < 1.29 is 0 Å². The highest BCUT2D eigenvalue weighted by Gasteiger charge is 2.02. The van der Waals surface area contributed by atoms with E-state index in [1.54, 1.807) is 0 Å². The van der Waals surface area contributed by atoms with E-state index in [2.05, 4.69) is 34.3 Å². The Balaban J connectivity index is 0.00000133. The summed E-state index contributed by atoms with van der Waals surface area (Å²) in [6.45, 7) is 0. The van der Waals surface area contributed by atoms with Crippen LogP contribution in [0.1, 0.15) is 0 Å². The van der Waals surface area contributed by atoms with Gasteiger partial charge < -0.3 is 0 Å². The summed E-state index contributed by atoms with van der Waals surface area (Å²) in [5.41, 5.74) is 4.42. The normalized spacial score (nSPS) is 9.95. The molecule has 0 amide bonds. The Hall–Kier alpha value is -2.13. The fourth-order valence-corrected chi connectivity index (χ4v) is 1.94. The molecule has 0 unspecified atom stereocenters. The minimum Gasteiger partial charge on any atom is -0.275 e. The molecule has 3 nitrogen and oxygen atoms in total. The molecule has 3 aromatic rings. The Labute approximate surface area is 118 Å². The Kier molecular flexibility index (Phi) is 3.97. The summed E-state index contributed by atoms with van der Waals surface area (Å²) in [6.07, 6.45) is 5.69. The second kappa shape index (κ2) is 5.67. The monoisotopic (exact) mass is 271 g/mol. The molecule has 0 fully saturated rings. The molecule has 96 valence electrons. The number of pyridine rings is 1. The van der Waals surface area contributed by atoms with Crippen molar-refractivity contribution >= 4 is 12.4 Å². The second-order valence-electron chi connectivity index (χ2n) is 4.20. The number of hydrogen-bond acceptors (Lipinski definition) is 2. The quantitative estimate of drug-likeness (QED) is 0.713. The van der Waals surface area contributed by atoms with E-state index in [0.29, 0.717) is 0 Å². The fourth-order valence-electron chi connectivity index (χ4n) is 1.94. The molecule has 0 aliphatic rings. The highest BCUT2D eigenvalue weighted by Crippen LogP contribution is 2.22. The van der Waals surface area contributed by atoms with Crippen molar-refractivity contribution in [2.75, 3.05) is 0 Å². The molecule has 0 atom stereocenters. The van der Waals surface area contributed by atoms with Gasteiger partial charge in [-0.2, -0.15) is 5.10 Å². The minimum absolute atomic E-state index is 0. The van der Waals surface area contributed by atoms with Crippen molar-refractivity contribution in [3.63, 3.8) is 0 Å². The lowest BCUT2D eigenvalue weighted by Crippen LogP contribution is -1.84. The van der Waals surface area contributed by atoms with Crippen LogP contribution >= 0.6 is 12.4 Å². The van der Waals surface area contributed by atoms with Crippen molar-refractivity contribution in [1.29, 1.82) is 0 Å². The zero-order chi connectivity index (χ0) is 12.4. The molecule has 0 saturated carbocycles. The summed E-state index contributed by atoms with van der Waals surface area (Å²) < 4.78 is 1.81. The average Bonchev–Trinajstić information content (AvgIpc) is 2.87. The standard InChI is InChI=1S/C15H13N3.ClH/c1-18-11-14(10-17-18)12-5-7-13(8-6-12)15-4-2-3-9-16-15;/h2-11H,1H3;1H. The van der Waals surface area contributed by atoms with E-state index in [1.807, 2.05) is 48.5 Å². The van der Waals surface area contributed by atoms with Crippen LogP contribution in [0.5, 0.6) is 0 Å². The summed E-state index contributed by atoms with van der Waals surface area (Å²) in [5.74, 6) is 0. The number of rotatable bonds is 2. The number of nitrogens with zero attached hydrogens (tertiary/aromatic N) is 3. The minimum atomic E-state index is 0. The zero-order valence-corrected chi connectivity index (χ0v) is 11.3. The molecule has 0 aliphatic heterocycles. The molecular weight excluding hydrogens is 258 g/mol. The first kappa shape index (κ1) is 13.3. The Morgan fingerprint density at radius 3 is 2.21 bits per heavy atom. The van der Waals surface area contributed by atoms with Gasteiger partial charge in [-0.05, 0) is 17.7 Å². The molecule has 1 aromatic carbocycles. The van der Waals surface area contributed by atoms with Crippen molar-refractivity contribution in [2.24, 2.45) is 7.05 Å². The third-order valence-corrected chi connectivity index (χ3v) is 2.88. The number of aryl methyl sites for hydroxylation is 1. The maximum absolute atomic E-state index is 4.34. The summed E-state index contributed by atoms with van der Waals surface area (Å²) in [7, 11) is 1.92. The van der Waals surface area contributed by atoms with Gasteiger partial charge in [0, 0.05) is 30.6 Å². The summed E-state index contributed by atoms with van der Waals surface area (Å²) >= 11 is 0. The molecule has 0 aliphatic carbocycles. The summed E-state index contributed by atoms with van der Waals surface area (Å²) in [4.78, 5) is 4.34. The molecule has 4 heteroatoms. The number of halogens is 1. The van der Waals surface area contributed by atoms with Gasteiger partial charge in [0.2, 0.25) is 0 Å². The molecule has 3 rings (SSSR count). The molecule has 0 N–H and O–H groups in total. The molecule has 2 aromatic heterocycles. The van der Waals surface area contributed by atoms with Gasteiger partial charge in [-0.25, -0.2) is 0 Å². The lowest BCUT2D eigenvalue weighted by molar-refractivity contribution is 0.768. The van der Waals surface area contributed by atoms with Crippen molar-refractivity contribution in [2.45, 2.75) is 0 Å². The summed E-state index contributed by atoms with van der Waals surface area (Å²) in [5, 5.41) is 4.18. The number of benzene rings is 1. The molecule has 0 radical (unpaired) electrons. The van der Waals surface area contributed by atoms with Gasteiger partial charge in [0.1, 0.15) is 0 Å². The third kappa shape index (κ3) is 2.83. The largest absolute Gasteiger partial charge is 0.275 e. The maximum Gasteiger partial charge on any atom is 0.0701 e. The van der Waals surface area contributed by atoms with Crippen molar-refractivity contribution in [3.8, 4) is 22.4 Å². The van der Waals surface area contributed by atoms with Gasteiger partial charge >= 0.3 is 0 Å². The van der Waals surface area contributed by atoms with Gasteiger partial charge in [-0.15, -0.1) is 12.4 Å². The van der Waals surface area contributed by atoms with Crippen LogP contribution in [0.2, 0.25) is 0 Å². The first-order chi connectivity index (χ1) is 8.83. The van der Waals surface area contributed by atoms with Crippen LogP contribution in [-0.2, 0) is 7.05 Å². The van der Waals surface area contributed by atoms with Crippen LogP contribution in [0.3, 0.4) is 0 Å². The lowest BCUT2D eigenvalue weighted by atomic mass is 10.1. The van der Waals surface area contributed by atoms with E-state index in [-0.39, 0.29) is 12.4 Å². The van der Waals surface area contributed by atoms with Crippen LogP contribution in [0, 0.1) is 0 Å². The van der Waals surface area contributed by atoms with Gasteiger partial charge in [0.05, 0.1) is 11.9 Å². The maximum atomic E-state index is 4.34. The van der Waals surface area contributed by atoms with E-state index >= 15 is 0 Å². The van der Waals surface area contributed by atoms with E-state index in [4.69, 9.17) is 0 Å². The predicted molar refractivity (Wildman–Crippen MR) is 79.1 cm³/mol. The van der Waals surface area contributed by atoms with E-state index in [1.165, 1.54) is 5.56 Å². The number of hydrogen-bond donors (Lipinski definition) is 0. The zero-order valence-electron chi connectivity index (χ0n) is 10.5. The van der Waals surface area contributed by atoms with Crippen LogP contribution in [0.4, 0.5) is 0 Å². The van der Waals surface area contributed by atoms with E-state index in [0.717, 1.165) is 16.8 Å². The molecule has 19 heavy (non-hydrogen) atoms. The van der Waals surface area contributed by atoms with Gasteiger partial charge in [-0.1, -0.05) is 30.3 Å². The van der Waals surface area contributed by atoms with Gasteiger partial charge in [0.25, 0.3) is 0 Å². The van der Waals surface area contributed by atoms with Crippen LogP contribution in [-0.4, -0.2) is 14.8 Å². The van der Waals surface area contributed by atoms with Crippen LogP contribution in [0.15, 0.2) is 61.1 Å². The Morgan fingerprint density at radius 2 is 1.63 bits per heavy atom. The smallest absolute Gasteiger partial charge is 0.0701 e. The average molecular weight is 272 g/mol. The highest BCUT2D eigenvalue weighted by molar-refractivity contribution is 5.85. The molecule has 0 saturated heterocycles. The number of aromatic nitrogens is 3. The van der Waals surface area contributed by atoms with Crippen LogP contribution in [0.25, 0.3) is 22.4 Å². The Bertz CT molecular complexity index is 645. The van der Waals surface area contributed by atoms with E-state index in [9.17, 15) is 0 Å². The third-order valence-electron chi connectivity index (χ3n) is 2.88. The SMILES string of the molecule is Cl.Cn1cc(-c2ccc(-c3ccccn3)cc2)cn1. The highest BCUT2D eigenvalue weighted by atomic mass is 35.5. The fraction of sp³-hybridized carbons (Fsp3) is 0.0667. The van der Waals surface area contributed by atoms with Gasteiger partial charge in [0.15, 0.2) is 0 Å². The molecular formula is C15H14ClN3. The lowest BCUT2D eigenvalue weighted by Gasteiger charge is -2.02. The van der Waals surface area contributed by atoms with Crippen molar-refractivity contribution in [1.82, 2.24) is 14.8 Å². The molecule has 2 heterocycles. The molecule has 0 spiro atoms. The van der Waals surface area contributed by atoms with Crippen LogP contribution < -0.4 is 0 Å². The molecule has 0 bridgehead atoms. The summed E-state index contributed by atoms with van der Waals surface area (Å²) in [6, 6.07) is 14.3. The first-order valence-corrected chi connectivity index (χ1v) is 5.83. The Morgan fingerprint density at radius 1 is 0.895 bits per heavy atom. The van der Waals surface area contributed by atoms with Gasteiger partial charge in [-0.3, -0.25) is 9.67 Å².